The molecule has 0 rings (SSSR count). The zero-order chi connectivity index (χ0) is 25.7. The molecule has 0 aromatic heterocycles. The summed E-state index contributed by atoms with van der Waals surface area (Å²) in [6.45, 7) is 5.24. The van der Waals surface area contributed by atoms with E-state index in [2.05, 4.69) is 38.2 Å². The summed E-state index contributed by atoms with van der Waals surface area (Å²) in [6.07, 6.45) is 32.2. The van der Waals surface area contributed by atoms with Crippen molar-refractivity contribution in [2.75, 3.05) is 19.8 Å². The lowest BCUT2D eigenvalue weighted by molar-refractivity contribution is -0.154. The van der Waals surface area contributed by atoms with Crippen molar-refractivity contribution < 1.29 is 19.4 Å². The Hall–Kier alpha value is -1.13. The number of ether oxygens (including phenoxy) is 2. The largest absolute Gasteiger partial charge is 0.457 e. The molecule has 0 aliphatic rings. The average molecular weight is 495 g/mol. The third-order valence-electron chi connectivity index (χ3n) is 6.28. The van der Waals surface area contributed by atoms with Gasteiger partial charge in [-0.15, -0.1) is 0 Å². The van der Waals surface area contributed by atoms with Crippen LogP contribution in [0, 0.1) is 0 Å². The molecule has 0 aliphatic carbocycles. The van der Waals surface area contributed by atoms with Crippen molar-refractivity contribution in [3.63, 3.8) is 0 Å². The Morgan fingerprint density at radius 2 is 1.20 bits per heavy atom. The van der Waals surface area contributed by atoms with Crippen molar-refractivity contribution in [1.82, 2.24) is 0 Å². The van der Waals surface area contributed by atoms with Crippen LogP contribution in [0.2, 0.25) is 0 Å². The summed E-state index contributed by atoms with van der Waals surface area (Å²) < 4.78 is 11.0. The molecule has 0 spiro atoms. The summed E-state index contributed by atoms with van der Waals surface area (Å²) in [7, 11) is 0. The van der Waals surface area contributed by atoms with Gasteiger partial charge in [0.05, 0.1) is 13.2 Å². The first-order valence-corrected chi connectivity index (χ1v) is 14.9. The second kappa shape index (κ2) is 29.1. The molecule has 0 aliphatic heterocycles. The van der Waals surface area contributed by atoms with E-state index >= 15 is 0 Å². The van der Waals surface area contributed by atoms with Gasteiger partial charge < -0.3 is 14.6 Å². The Morgan fingerprint density at radius 3 is 1.80 bits per heavy atom. The van der Waals surface area contributed by atoms with E-state index in [9.17, 15) is 9.90 Å². The summed E-state index contributed by atoms with van der Waals surface area (Å²) in [5.74, 6) is -0.216. The topological polar surface area (TPSA) is 55.8 Å². The van der Waals surface area contributed by atoms with Gasteiger partial charge in [0.1, 0.15) is 6.10 Å². The highest BCUT2D eigenvalue weighted by atomic mass is 16.6. The fraction of sp³-hybridized carbons (Fsp3) is 0.839. The lowest BCUT2D eigenvalue weighted by atomic mass is 10.1. The van der Waals surface area contributed by atoms with Gasteiger partial charge in [-0.3, -0.25) is 4.79 Å². The number of esters is 1. The molecule has 0 bridgehead atoms. The summed E-state index contributed by atoms with van der Waals surface area (Å²) in [4.78, 5) is 11.9. The Morgan fingerprint density at radius 1 is 0.686 bits per heavy atom. The zero-order valence-corrected chi connectivity index (χ0v) is 23.3. The summed E-state index contributed by atoms with van der Waals surface area (Å²) in [6, 6.07) is 0. The number of allylic oxidation sites excluding steroid dienone is 4. The van der Waals surface area contributed by atoms with E-state index < -0.39 is 6.10 Å². The van der Waals surface area contributed by atoms with E-state index in [0.29, 0.717) is 19.6 Å². The van der Waals surface area contributed by atoms with Crippen molar-refractivity contribution in [2.45, 2.75) is 148 Å². The van der Waals surface area contributed by atoms with Crippen molar-refractivity contribution >= 4 is 5.97 Å². The van der Waals surface area contributed by atoms with Crippen LogP contribution in [0.4, 0.5) is 0 Å². The quantitative estimate of drug-likeness (QED) is 0.0703. The standard InChI is InChI=1S/C31H58O4/c1-3-5-7-9-11-12-13-14-15-16-17-18-19-20-21-23-25-27-34-29-30(28-32)35-31(33)26-24-22-10-8-6-4-2/h12-13,15-16,30,32H,3-11,14,17-29H2,1-2H3/b13-12-,16-15-. The van der Waals surface area contributed by atoms with Crippen LogP contribution in [0.15, 0.2) is 24.3 Å². The molecule has 0 amide bonds. The van der Waals surface area contributed by atoms with Gasteiger partial charge in [-0.05, 0) is 44.9 Å². The van der Waals surface area contributed by atoms with Gasteiger partial charge in [0.15, 0.2) is 0 Å². The zero-order valence-electron chi connectivity index (χ0n) is 23.3. The molecule has 0 heterocycles. The van der Waals surface area contributed by atoms with Crippen LogP contribution in [0.5, 0.6) is 0 Å². The molecular weight excluding hydrogens is 436 g/mol. The first kappa shape index (κ1) is 33.9. The van der Waals surface area contributed by atoms with Crippen molar-refractivity contribution in [1.29, 1.82) is 0 Å². The van der Waals surface area contributed by atoms with Gasteiger partial charge in [-0.1, -0.05) is 115 Å². The van der Waals surface area contributed by atoms with Gasteiger partial charge in [0, 0.05) is 13.0 Å². The summed E-state index contributed by atoms with van der Waals surface area (Å²) >= 11 is 0. The molecule has 4 heteroatoms. The first-order chi connectivity index (χ1) is 17.2. The number of aliphatic hydroxyl groups excluding tert-OH is 1. The maximum absolute atomic E-state index is 11.9. The molecule has 0 aromatic rings. The molecule has 4 nitrogen and oxygen atoms in total. The molecule has 0 saturated carbocycles. The number of hydrogen-bond donors (Lipinski definition) is 1. The first-order valence-electron chi connectivity index (χ1n) is 14.9. The fourth-order valence-electron chi connectivity index (χ4n) is 4.00. The lowest BCUT2D eigenvalue weighted by Gasteiger charge is -2.15. The van der Waals surface area contributed by atoms with Crippen LogP contribution in [0.1, 0.15) is 142 Å². The van der Waals surface area contributed by atoms with E-state index in [-0.39, 0.29) is 12.6 Å². The SMILES string of the molecule is CCCCCC/C=C\C/C=C\CCCCCCCCOCC(CO)OC(=O)CCCCCCCC. The fourth-order valence-corrected chi connectivity index (χ4v) is 4.00. The number of carbonyl (C=O) groups excluding carboxylic acids is 1. The minimum absolute atomic E-state index is 0.175. The molecule has 1 N–H and O–H groups in total. The van der Waals surface area contributed by atoms with Crippen molar-refractivity contribution in [2.24, 2.45) is 0 Å². The van der Waals surface area contributed by atoms with E-state index in [1.807, 2.05) is 0 Å². The monoisotopic (exact) mass is 494 g/mol. The molecule has 1 unspecified atom stereocenters. The van der Waals surface area contributed by atoms with Crippen LogP contribution in [-0.4, -0.2) is 37.0 Å². The van der Waals surface area contributed by atoms with Gasteiger partial charge in [-0.25, -0.2) is 0 Å². The van der Waals surface area contributed by atoms with Crippen LogP contribution in [0.3, 0.4) is 0 Å². The van der Waals surface area contributed by atoms with Crippen LogP contribution >= 0.6 is 0 Å². The third kappa shape index (κ3) is 27.3. The second-order valence-corrected chi connectivity index (χ2v) is 9.82. The van der Waals surface area contributed by atoms with Gasteiger partial charge >= 0.3 is 5.97 Å². The number of aliphatic hydroxyl groups is 1. The normalized spacial score (nSPS) is 12.7. The van der Waals surface area contributed by atoms with Crippen molar-refractivity contribution in [3.8, 4) is 0 Å². The van der Waals surface area contributed by atoms with E-state index in [0.717, 1.165) is 25.7 Å². The third-order valence-corrected chi connectivity index (χ3v) is 6.28. The predicted octanol–water partition coefficient (Wildman–Crippen LogP) is 8.86. The Balaban J connectivity index is 3.44. The molecule has 0 radical (unpaired) electrons. The Labute approximate surface area is 217 Å². The minimum Gasteiger partial charge on any atom is -0.457 e. The second-order valence-electron chi connectivity index (χ2n) is 9.82. The highest BCUT2D eigenvalue weighted by molar-refractivity contribution is 5.69. The lowest BCUT2D eigenvalue weighted by Crippen LogP contribution is -2.27. The van der Waals surface area contributed by atoms with Crippen LogP contribution in [0.25, 0.3) is 0 Å². The Kier molecular flexibility index (Phi) is 28.2. The molecule has 1 atom stereocenters. The van der Waals surface area contributed by atoms with Gasteiger partial charge in [0.2, 0.25) is 0 Å². The summed E-state index contributed by atoms with van der Waals surface area (Å²) in [5.41, 5.74) is 0. The molecule has 0 saturated heterocycles. The number of carbonyl (C=O) groups is 1. The van der Waals surface area contributed by atoms with E-state index in [1.165, 1.54) is 96.3 Å². The van der Waals surface area contributed by atoms with Crippen molar-refractivity contribution in [3.05, 3.63) is 24.3 Å². The molecule has 35 heavy (non-hydrogen) atoms. The number of unbranched alkanes of at least 4 members (excludes halogenated alkanes) is 15. The van der Waals surface area contributed by atoms with Gasteiger partial charge in [0.25, 0.3) is 0 Å². The maximum atomic E-state index is 11.9. The number of hydrogen-bond acceptors (Lipinski definition) is 4. The highest BCUT2D eigenvalue weighted by Crippen LogP contribution is 2.10. The van der Waals surface area contributed by atoms with Gasteiger partial charge in [-0.2, -0.15) is 0 Å². The smallest absolute Gasteiger partial charge is 0.306 e. The minimum atomic E-state index is -0.531. The van der Waals surface area contributed by atoms with Crippen LogP contribution < -0.4 is 0 Å². The maximum Gasteiger partial charge on any atom is 0.306 e. The molecule has 206 valence electrons. The summed E-state index contributed by atoms with van der Waals surface area (Å²) in [5, 5.41) is 9.43. The molecular formula is C31H58O4. The average Bonchev–Trinajstić information content (AvgIpc) is 2.86. The Bertz CT molecular complexity index is 486. The van der Waals surface area contributed by atoms with E-state index in [4.69, 9.17) is 9.47 Å². The highest BCUT2D eigenvalue weighted by Gasteiger charge is 2.13. The molecule has 0 fully saturated rings. The molecule has 0 aromatic carbocycles. The number of rotatable bonds is 27. The predicted molar refractivity (Wildman–Crippen MR) is 150 cm³/mol. The van der Waals surface area contributed by atoms with Crippen LogP contribution in [-0.2, 0) is 14.3 Å². The van der Waals surface area contributed by atoms with E-state index in [1.54, 1.807) is 0 Å².